The molecule has 12 heteroatoms. The minimum atomic E-state index is -0.536. The number of phenols is 2. The van der Waals surface area contributed by atoms with Crippen LogP contribution in [0.3, 0.4) is 0 Å². The second-order valence-corrected chi connectivity index (χ2v) is 16.1. The number of nitrogens with two attached hydrogens (primary N) is 1. The summed E-state index contributed by atoms with van der Waals surface area (Å²) in [7, 11) is 0. The van der Waals surface area contributed by atoms with Crippen molar-refractivity contribution in [1.29, 1.82) is 0 Å². The van der Waals surface area contributed by atoms with Crippen molar-refractivity contribution in [3.8, 4) is 34.3 Å². The number of ether oxygens (including phenoxy) is 1. The molecule has 6 aromatic rings. The van der Waals surface area contributed by atoms with Gasteiger partial charge in [0.05, 0.1) is 22.2 Å². The van der Waals surface area contributed by atoms with Crippen LogP contribution < -0.4 is 20.9 Å². The van der Waals surface area contributed by atoms with Crippen molar-refractivity contribution in [2.24, 2.45) is 5.73 Å². The Morgan fingerprint density at radius 2 is 1.21 bits per heavy atom. The van der Waals surface area contributed by atoms with E-state index in [0.717, 1.165) is 89.9 Å². The summed E-state index contributed by atoms with van der Waals surface area (Å²) >= 11 is 0. The lowest BCUT2D eigenvalue weighted by Gasteiger charge is -2.35. The molecule has 57 heavy (non-hydrogen) atoms. The summed E-state index contributed by atoms with van der Waals surface area (Å²) in [5, 5.41) is 25.6. The first kappa shape index (κ1) is 39.2. The first-order chi connectivity index (χ1) is 27.3. The number of carbonyl (C=O) groups is 1. The summed E-state index contributed by atoms with van der Waals surface area (Å²) in [6.45, 7) is 12.8. The van der Waals surface area contributed by atoms with Gasteiger partial charge in [-0.2, -0.15) is 0 Å². The standard InChI is InChI=1S/C25H30N4O3.C20H22N4O/c1-16-11-12-18-20(14-16)27-22(19-9-5-6-10-21(19)30)28-23(18)29-13-7-8-17(15-29)26-24(31)32-25(2,3)4;1-13-8-9-15-17(11-13)22-19(16-6-2-3-7-18(16)25)23-20(15)24-10-4-5-14(21)12-24/h5-6,9-12,14,17,30H,7-8,13,15H2,1-4H3,(H,26,31);2-3,6-9,11,14,25H,4-5,10,12,21H2,1H3/t17-;14-/m11/s1. The number of aromatic hydroxyl groups is 2. The molecule has 8 rings (SSSR count). The molecule has 2 saturated heterocycles. The number of hydrogen-bond acceptors (Lipinski definition) is 11. The van der Waals surface area contributed by atoms with Gasteiger partial charge in [-0.25, -0.2) is 24.7 Å². The van der Waals surface area contributed by atoms with Crippen molar-refractivity contribution in [2.45, 2.75) is 78.0 Å². The van der Waals surface area contributed by atoms with Gasteiger partial charge in [0.2, 0.25) is 0 Å². The molecule has 2 aromatic heterocycles. The first-order valence-electron chi connectivity index (χ1n) is 19.7. The molecule has 2 aliphatic rings. The maximum absolute atomic E-state index is 12.3. The van der Waals surface area contributed by atoms with E-state index in [4.69, 9.17) is 30.4 Å². The maximum Gasteiger partial charge on any atom is 0.407 e. The Labute approximate surface area is 333 Å². The topological polar surface area (TPSA) is 163 Å². The average molecular weight is 769 g/mol. The van der Waals surface area contributed by atoms with E-state index in [1.165, 1.54) is 0 Å². The van der Waals surface area contributed by atoms with Crippen molar-refractivity contribution < 1.29 is 19.7 Å². The summed E-state index contributed by atoms with van der Waals surface area (Å²) in [4.78, 5) is 35.9. The molecule has 5 N–H and O–H groups in total. The Hall–Kier alpha value is -6.01. The maximum atomic E-state index is 12.3. The van der Waals surface area contributed by atoms with Crippen molar-refractivity contribution in [1.82, 2.24) is 25.3 Å². The molecule has 296 valence electrons. The predicted molar refractivity (Wildman–Crippen MR) is 227 cm³/mol. The summed E-state index contributed by atoms with van der Waals surface area (Å²) < 4.78 is 5.43. The summed E-state index contributed by atoms with van der Waals surface area (Å²) in [5.74, 6) is 3.08. The molecule has 0 bridgehead atoms. The molecule has 0 saturated carbocycles. The van der Waals surface area contributed by atoms with Crippen molar-refractivity contribution in [2.75, 3.05) is 36.0 Å². The van der Waals surface area contributed by atoms with E-state index >= 15 is 0 Å². The molecule has 4 heterocycles. The number of amides is 1. The third-order valence-electron chi connectivity index (χ3n) is 10.2. The number of para-hydroxylation sites is 2. The molecular weight excluding hydrogens is 717 g/mol. The largest absolute Gasteiger partial charge is 0.507 e. The lowest BCUT2D eigenvalue weighted by Crippen LogP contribution is -2.49. The highest BCUT2D eigenvalue weighted by Crippen LogP contribution is 2.35. The van der Waals surface area contributed by atoms with Crippen LogP contribution in [0, 0.1) is 13.8 Å². The van der Waals surface area contributed by atoms with Gasteiger partial charge < -0.3 is 35.8 Å². The third-order valence-corrected chi connectivity index (χ3v) is 10.2. The van der Waals surface area contributed by atoms with Crippen molar-refractivity contribution in [3.63, 3.8) is 0 Å². The highest BCUT2D eigenvalue weighted by molar-refractivity contribution is 5.93. The molecule has 2 fully saturated rings. The van der Waals surface area contributed by atoms with Gasteiger partial charge in [0.15, 0.2) is 11.6 Å². The van der Waals surface area contributed by atoms with E-state index in [9.17, 15) is 15.0 Å². The fourth-order valence-corrected chi connectivity index (χ4v) is 7.46. The zero-order valence-electron chi connectivity index (χ0n) is 33.4. The summed E-state index contributed by atoms with van der Waals surface area (Å²) in [5.41, 5.74) is 10.9. The number of anilines is 2. The molecule has 2 atom stereocenters. The molecular formula is C45H52N8O4. The number of aromatic nitrogens is 4. The second kappa shape index (κ2) is 16.6. The summed E-state index contributed by atoms with van der Waals surface area (Å²) in [6, 6.07) is 26.8. The summed E-state index contributed by atoms with van der Waals surface area (Å²) in [6.07, 6.45) is 3.51. The number of alkyl carbamates (subject to hydrolysis) is 1. The number of hydrogen-bond donors (Lipinski definition) is 4. The Bertz CT molecular complexity index is 2400. The van der Waals surface area contributed by atoms with E-state index in [-0.39, 0.29) is 23.6 Å². The van der Waals surface area contributed by atoms with E-state index in [0.29, 0.717) is 29.3 Å². The first-order valence-corrected chi connectivity index (χ1v) is 19.7. The molecule has 2 aliphatic heterocycles. The van der Waals surface area contributed by atoms with Crippen LogP contribution in [-0.4, -0.2) is 80.1 Å². The number of piperidine rings is 2. The minimum Gasteiger partial charge on any atom is -0.507 e. The smallest absolute Gasteiger partial charge is 0.407 e. The molecule has 12 nitrogen and oxygen atoms in total. The number of nitrogens with zero attached hydrogens (tertiary/aromatic N) is 6. The lowest BCUT2D eigenvalue weighted by molar-refractivity contribution is 0.0500. The number of fused-ring (bicyclic) bond motifs is 2. The predicted octanol–water partition coefficient (Wildman–Crippen LogP) is 8.04. The number of benzene rings is 4. The van der Waals surface area contributed by atoms with Gasteiger partial charge in [-0.15, -0.1) is 0 Å². The molecule has 4 aromatic carbocycles. The normalized spacial score (nSPS) is 17.2. The van der Waals surface area contributed by atoms with E-state index in [1.807, 2.05) is 64.1 Å². The number of phenolic OH excluding ortho intramolecular Hbond substituents is 2. The van der Waals surface area contributed by atoms with Crippen LogP contribution in [0.4, 0.5) is 16.4 Å². The number of aryl methyl sites for hydroxylation is 2. The highest BCUT2D eigenvalue weighted by atomic mass is 16.6. The minimum absolute atomic E-state index is 0.0392. The van der Waals surface area contributed by atoms with Gasteiger partial charge in [0, 0.05) is 49.0 Å². The van der Waals surface area contributed by atoms with Gasteiger partial charge in [-0.1, -0.05) is 36.4 Å². The fraction of sp³-hybridized carbons (Fsp3) is 0.356. The number of rotatable bonds is 5. The zero-order valence-corrected chi connectivity index (χ0v) is 33.4. The number of carbonyl (C=O) groups excluding carboxylic acids is 1. The van der Waals surface area contributed by atoms with Crippen LogP contribution in [0.5, 0.6) is 11.5 Å². The van der Waals surface area contributed by atoms with Crippen molar-refractivity contribution >= 4 is 39.5 Å². The fourth-order valence-electron chi connectivity index (χ4n) is 7.46. The molecule has 0 unspecified atom stereocenters. The molecule has 0 aliphatic carbocycles. The van der Waals surface area contributed by atoms with Crippen LogP contribution in [0.1, 0.15) is 57.6 Å². The van der Waals surface area contributed by atoms with E-state index in [1.54, 1.807) is 24.3 Å². The Kier molecular flexibility index (Phi) is 11.4. The van der Waals surface area contributed by atoms with Crippen LogP contribution in [0.15, 0.2) is 84.9 Å². The van der Waals surface area contributed by atoms with Crippen LogP contribution in [0.2, 0.25) is 0 Å². The monoisotopic (exact) mass is 768 g/mol. The van der Waals surface area contributed by atoms with Gasteiger partial charge in [0.1, 0.15) is 28.7 Å². The molecule has 0 spiro atoms. The highest BCUT2D eigenvalue weighted by Gasteiger charge is 2.27. The Morgan fingerprint density at radius 3 is 1.70 bits per heavy atom. The van der Waals surface area contributed by atoms with E-state index in [2.05, 4.69) is 46.3 Å². The van der Waals surface area contributed by atoms with Gasteiger partial charge in [-0.05, 0) is 120 Å². The van der Waals surface area contributed by atoms with E-state index < -0.39 is 11.7 Å². The van der Waals surface area contributed by atoms with Gasteiger partial charge in [0.25, 0.3) is 0 Å². The average Bonchev–Trinajstić information content (AvgIpc) is 3.17. The van der Waals surface area contributed by atoms with Crippen LogP contribution in [0.25, 0.3) is 44.6 Å². The SMILES string of the molecule is Cc1ccc2c(N3CCC[C@@H](N)C3)nc(-c3ccccc3O)nc2c1.Cc1ccc2c(N3CCC[C@@H](NC(=O)OC(C)(C)C)C3)nc(-c3ccccc3O)nc2c1. The molecule has 1 amide bonds. The lowest BCUT2D eigenvalue weighted by atomic mass is 10.0. The second-order valence-electron chi connectivity index (χ2n) is 16.1. The van der Waals surface area contributed by atoms with Gasteiger partial charge in [-0.3, -0.25) is 0 Å². The Balaban J connectivity index is 0.000000179. The van der Waals surface area contributed by atoms with Crippen LogP contribution in [-0.2, 0) is 4.74 Å². The van der Waals surface area contributed by atoms with Gasteiger partial charge >= 0.3 is 6.09 Å². The quantitative estimate of drug-likeness (QED) is 0.134. The molecule has 0 radical (unpaired) electrons. The Morgan fingerprint density at radius 1 is 0.719 bits per heavy atom. The van der Waals surface area contributed by atoms with Crippen LogP contribution >= 0.6 is 0 Å². The third kappa shape index (κ3) is 9.35. The van der Waals surface area contributed by atoms with Crippen molar-refractivity contribution in [3.05, 3.63) is 96.1 Å². The zero-order chi connectivity index (χ0) is 40.3. The number of nitrogens with one attached hydrogen (secondary N) is 1.